The average molecular weight is 424 g/mol. The average Bonchev–Trinajstić information content (AvgIpc) is 3.31. The lowest BCUT2D eigenvalue weighted by Gasteiger charge is -2.29. The van der Waals surface area contributed by atoms with Crippen molar-refractivity contribution in [1.82, 2.24) is 4.31 Å². The largest absolute Gasteiger partial charge is 0.389 e. The molecule has 1 aromatic rings. The van der Waals surface area contributed by atoms with E-state index in [2.05, 4.69) is 0 Å². The molecule has 1 fully saturated rings. The van der Waals surface area contributed by atoms with Gasteiger partial charge < -0.3 is 5.73 Å². The zero-order valence-electron chi connectivity index (χ0n) is 14.0. The molecule has 1 amide bonds. The van der Waals surface area contributed by atoms with E-state index < -0.39 is 46.9 Å². The number of nitriles is 1. The van der Waals surface area contributed by atoms with Gasteiger partial charge in [0.05, 0.1) is 16.9 Å². The van der Waals surface area contributed by atoms with Gasteiger partial charge in [-0.3, -0.25) is 4.79 Å². The Hall–Kier alpha value is -1.83. The molecule has 27 heavy (non-hydrogen) atoms. The molecule has 1 saturated carbocycles. The quantitative estimate of drug-likeness (QED) is 0.694. The molecule has 0 radical (unpaired) electrons. The highest BCUT2D eigenvalue weighted by Crippen LogP contribution is 2.40. The molecule has 0 heterocycles. The number of primary amides is 1. The summed E-state index contributed by atoms with van der Waals surface area (Å²) in [5, 5.41) is 9.20. The van der Waals surface area contributed by atoms with Gasteiger partial charge in [-0.2, -0.15) is 22.7 Å². The Morgan fingerprint density at radius 2 is 1.96 bits per heavy atom. The van der Waals surface area contributed by atoms with E-state index >= 15 is 0 Å². The number of carbonyl (C=O) groups is 1. The fourth-order valence-electron chi connectivity index (χ4n) is 2.70. The summed E-state index contributed by atoms with van der Waals surface area (Å²) in [6.45, 7) is -0.255. The van der Waals surface area contributed by atoms with Crippen LogP contribution >= 0.6 is 11.6 Å². The maximum absolute atomic E-state index is 13.0. The van der Waals surface area contributed by atoms with Crippen LogP contribution in [0.1, 0.15) is 19.3 Å². The van der Waals surface area contributed by atoms with Gasteiger partial charge in [0, 0.05) is 18.0 Å². The molecule has 1 aliphatic rings. The molecule has 11 heteroatoms. The lowest BCUT2D eigenvalue weighted by Crippen LogP contribution is -2.49. The van der Waals surface area contributed by atoms with E-state index in [1.54, 1.807) is 0 Å². The van der Waals surface area contributed by atoms with Gasteiger partial charge in [-0.15, -0.1) is 0 Å². The van der Waals surface area contributed by atoms with E-state index in [0.29, 0.717) is 10.7 Å². The number of carbonyl (C=O) groups excluding carboxylic acids is 1. The normalized spacial score (nSPS) is 20.9. The Morgan fingerprint density at radius 3 is 2.41 bits per heavy atom. The Kier molecular flexibility index (Phi) is 6.39. The number of benzene rings is 1. The molecule has 0 aliphatic heterocycles. The van der Waals surface area contributed by atoms with E-state index in [9.17, 15) is 26.4 Å². The SMILES string of the molecule is N#C[C@H]1C[C@@H]1CN([C@H](CCC(F)(F)F)C(N)=O)S(=O)(=O)c1ccc(Cl)cc1. The van der Waals surface area contributed by atoms with Crippen molar-refractivity contribution in [1.29, 1.82) is 5.26 Å². The topological polar surface area (TPSA) is 104 Å². The number of hydrogen-bond acceptors (Lipinski definition) is 4. The van der Waals surface area contributed by atoms with E-state index in [0.717, 1.165) is 0 Å². The van der Waals surface area contributed by atoms with Gasteiger partial charge in [0.25, 0.3) is 0 Å². The predicted molar refractivity (Wildman–Crippen MR) is 90.8 cm³/mol. The lowest BCUT2D eigenvalue weighted by molar-refractivity contribution is -0.140. The van der Waals surface area contributed by atoms with Gasteiger partial charge in [0.1, 0.15) is 6.04 Å². The summed E-state index contributed by atoms with van der Waals surface area (Å²) in [5.41, 5.74) is 5.23. The molecule has 0 bridgehead atoms. The summed E-state index contributed by atoms with van der Waals surface area (Å²) in [6.07, 6.45) is -6.32. The number of nitrogens with two attached hydrogens (primary N) is 1. The highest BCUT2D eigenvalue weighted by atomic mass is 35.5. The second-order valence-electron chi connectivity index (χ2n) is 6.33. The number of hydrogen-bond donors (Lipinski definition) is 1. The van der Waals surface area contributed by atoms with Gasteiger partial charge in [-0.25, -0.2) is 8.42 Å². The molecule has 0 aromatic heterocycles. The minimum absolute atomic E-state index is 0.223. The Morgan fingerprint density at radius 1 is 1.37 bits per heavy atom. The highest BCUT2D eigenvalue weighted by Gasteiger charge is 2.45. The Labute approximate surface area is 159 Å². The van der Waals surface area contributed by atoms with Crippen molar-refractivity contribution in [3.63, 3.8) is 0 Å². The number of alkyl halides is 3. The minimum Gasteiger partial charge on any atom is -0.368 e. The summed E-state index contributed by atoms with van der Waals surface area (Å²) in [6, 6.07) is 5.33. The molecular weight excluding hydrogens is 407 g/mol. The molecular formula is C16H17ClF3N3O3S. The molecule has 148 valence electrons. The molecule has 0 spiro atoms. The zero-order valence-corrected chi connectivity index (χ0v) is 15.6. The van der Waals surface area contributed by atoms with E-state index in [1.165, 1.54) is 24.3 Å². The van der Waals surface area contributed by atoms with Crippen molar-refractivity contribution in [2.75, 3.05) is 6.54 Å². The van der Waals surface area contributed by atoms with Crippen molar-refractivity contribution >= 4 is 27.5 Å². The van der Waals surface area contributed by atoms with Gasteiger partial charge >= 0.3 is 6.18 Å². The third kappa shape index (κ3) is 5.57. The van der Waals surface area contributed by atoms with Crippen LogP contribution in [0.5, 0.6) is 0 Å². The van der Waals surface area contributed by atoms with E-state index in [-0.39, 0.29) is 22.4 Å². The van der Waals surface area contributed by atoms with Crippen LogP contribution in [-0.2, 0) is 14.8 Å². The van der Waals surface area contributed by atoms with Gasteiger partial charge in [0.2, 0.25) is 15.9 Å². The van der Waals surface area contributed by atoms with Crippen LogP contribution in [0.3, 0.4) is 0 Å². The third-order valence-electron chi connectivity index (χ3n) is 4.30. The molecule has 2 N–H and O–H groups in total. The molecule has 2 rings (SSSR count). The molecule has 6 nitrogen and oxygen atoms in total. The maximum atomic E-state index is 13.0. The first-order valence-corrected chi connectivity index (χ1v) is 9.80. The molecule has 3 atom stereocenters. The monoisotopic (exact) mass is 423 g/mol. The molecule has 0 saturated heterocycles. The predicted octanol–water partition coefficient (Wildman–Crippen LogP) is 2.69. The smallest absolute Gasteiger partial charge is 0.368 e. The maximum Gasteiger partial charge on any atom is 0.389 e. The van der Waals surface area contributed by atoms with Gasteiger partial charge in [-0.1, -0.05) is 11.6 Å². The number of amides is 1. The molecule has 1 aliphatic carbocycles. The summed E-state index contributed by atoms with van der Waals surface area (Å²) in [7, 11) is -4.32. The summed E-state index contributed by atoms with van der Waals surface area (Å²) in [5.74, 6) is -1.93. The fraction of sp³-hybridized carbons (Fsp3) is 0.500. The standard InChI is InChI=1S/C16H17ClF3N3O3S/c17-12-1-3-13(4-2-12)27(25,26)23(9-11-7-10(11)8-21)14(15(22)24)5-6-16(18,19)20/h1-4,10-11,14H,5-7,9H2,(H2,22,24)/t10-,11-,14-/m1/s1. The number of nitrogens with zero attached hydrogens (tertiary/aromatic N) is 2. The van der Waals surface area contributed by atoms with E-state index in [1.807, 2.05) is 6.07 Å². The van der Waals surface area contributed by atoms with Crippen molar-refractivity contribution in [2.24, 2.45) is 17.6 Å². The molecule has 1 aromatic carbocycles. The van der Waals surface area contributed by atoms with Crippen molar-refractivity contribution in [2.45, 2.75) is 36.4 Å². The number of rotatable bonds is 8. The van der Waals surface area contributed by atoms with Crippen molar-refractivity contribution in [3.05, 3.63) is 29.3 Å². The molecule has 0 unspecified atom stereocenters. The van der Waals surface area contributed by atoms with Gasteiger partial charge in [-0.05, 0) is 43.0 Å². The number of sulfonamides is 1. The van der Waals surface area contributed by atoms with Crippen LogP contribution < -0.4 is 5.73 Å². The zero-order chi connectivity index (χ0) is 20.4. The first kappa shape index (κ1) is 21.5. The summed E-state index contributed by atoms with van der Waals surface area (Å²) < 4.78 is 64.5. The van der Waals surface area contributed by atoms with Crippen LogP contribution in [0.4, 0.5) is 13.2 Å². The Balaban J connectivity index is 2.37. The lowest BCUT2D eigenvalue weighted by atomic mass is 10.1. The Bertz CT molecular complexity index is 837. The van der Waals surface area contributed by atoms with E-state index in [4.69, 9.17) is 22.6 Å². The third-order valence-corrected chi connectivity index (χ3v) is 6.44. The highest BCUT2D eigenvalue weighted by molar-refractivity contribution is 7.89. The second kappa shape index (κ2) is 8.04. The van der Waals surface area contributed by atoms with Crippen molar-refractivity contribution in [3.8, 4) is 6.07 Å². The van der Waals surface area contributed by atoms with Crippen LogP contribution in [0.25, 0.3) is 0 Å². The van der Waals surface area contributed by atoms with Crippen molar-refractivity contribution < 1.29 is 26.4 Å². The summed E-state index contributed by atoms with van der Waals surface area (Å²) in [4.78, 5) is 11.6. The van der Waals surface area contributed by atoms with Crippen LogP contribution in [0.15, 0.2) is 29.2 Å². The summed E-state index contributed by atoms with van der Waals surface area (Å²) >= 11 is 5.74. The van der Waals surface area contributed by atoms with Crippen LogP contribution in [0.2, 0.25) is 5.02 Å². The van der Waals surface area contributed by atoms with Gasteiger partial charge in [0.15, 0.2) is 0 Å². The minimum atomic E-state index is -4.57. The van der Waals surface area contributed by atoms with Crippen LogP contribution in [0, 0.1) is 23.2 Å². The first-order chi connectivity index (χ1) is 12.5. The fourth-order valence-corrected chi connectivity index (χ4v) is 4.51. The second-order valence-corrected chi connectivity index (χ2v) is 8.66. The number of halogens is 4. The first-order valence-electron chi connectivity index (χ1n) is 7.99. The van der Waals surface area contributed by atoms with Crippen LogP contribution in [-0.4, -0.2) is 37.4 Å².